The number of rotatable bonds is 4. The van der Waals surface area contributed by atoms with Crippen molar-refractivity contribution in [1.82, 2.24) is 10.2 Å². The summed E-state index contributed by atoms with van der Waals surface area (Å²) >= 11 is 0. The smallest absolute Gasteiger partial charge is 0.255 e. The average molecular weight is 341 g/mol. The van der Waals surface area contributed by atoms with Crippen LogP contribution in [0.1, 0.15) is 53.6 Å². The van der Waals surface area contributed by atoms with Gasteiger partial charge in [-0.1, -0.05) is 19.1 Å². The van der Waals surface area contributed by atoms with Crippen molar-refractivity contribution in [2.45, 2.75) is 44.7 Å². The lowest BCUT2D eigenvalue weighted by Gasteiger charge is -2.29. The highest BCUT2D eigenvalue weighted by Crippen LogP contribution is 2.56. The van der Waals surface area contributed by atoms with Crippen LogP contribution in [0, 0.1) is 11.8 Å². The first kappa shape index (κ1) is 16.3. The second-order valence-electron chi connectivity index (χ2n) is 7.40. The van der Waals surface area contributed by atoms with Crippen LogP contribution in [0.25, 0.3) is 0 Å². The van der Waals surface area contributed by atoms with E-state index in [4.69, 9.17) is 5.73 Å². The van der Waals surface area contributed by atoms with Crippen molar-refractivity contribution in [2.24, 2.45) is 17.6 Å². The summed E-state index contributed by atoms with van der Waals surface area (Å²) in [6.07, 6.45) is 1.68. The van der Waals surface area contributed by atoms with Crippen LogP contribution in [0.15, 0.2) is 18.2 Å². The number of imide groups is 1. The second-order valence-corrected chi connectivity index (χ2v) is 7.40. The van der Waals surface area contributed by atoms with Crippen molar-refractivity contribution in [3.63, 3.8) is 0 Å². The molecule has 0 bridgehead atoms. The Morgan fingerprint density at radius 3 is 2.80 bits per heavy atom. The predicted octanol–water partition coefficient (Wildman–Crippen LogP) is 1.15. The number of nitrogens with zero attached hydrogens (tertiary/aromatic N) is 1. The molecule has 1 saturated carbocycles. The minimum atomic E-state index is -0.554. The fourth-order valence-corrected chi connectivity index (χ4v) is 4.62. The fourth-order valence-electron chi connectivity index (χ4n) is 4.62. The Labute approximate surface area is 146 Å². The molecule has 2 aliphatic heterocycles. The maximum absolute atomic E-state index is 12.8. The number of amides is 3. The molecular formula is C19H23N3O3. The molecule has 3 amide bonds. The van der Waals surface area contributed by atoms with E-state index < -0.39 is 6.04 Å². The Hall–Kier alpha value is -2.21. The molecule has 2 fully saturated rings. The van der Waals surface area contributed by atoms with E-state index in [-0.39, 0.29) is 24.1 Å². The van der Waals surface area contributed by atoms with Gasteiger partial charge in [-0.05, 0) is 54.3 Å². The third-order valence-electron chi connectivity index (χ3n) is 6.04. The standard InChI is InChI=1S/C19H23N3O3/c1-10-11(7-8-20)17(10)12-3-2-4-13-14(12)9-22(19(13)25)15-5-6-16(23)21-18(15)24/h2-4,10-11,15,17H,5-9,20H2,1H3,(H,21,23,24)/t10-,11?,15?,17?/m1/s1. The molecule has 4 atom stereocenters. The van der Waals surface area contributed by atoms with E-state index >= 15 is 0 Å². The molecule has 25 heavy (non-hydrogen) atoms. The molecule has 1 saturated heterocycles. The Morgan fingerprint density at radius 1 is 1.28 bits per heavy atom. The molecule has 6 nitrogen and oxygen atoms in total. The summed E-state index contributed by atoms with van der Waals surface area (Å²) in [5, 5.41) is 2.35. The first-order chi connectivity index (χ1) is 12.0. The number of hydrogen-bond donors (Lipinski definition) is 2. The lowest BCUT2D eigenvalue weighted by atomic mass is 9.97. The van der Waals surface area contributed by atoms with Crippen LogP contribution in [-0.4, -0.2) is 35.2 Å². The van der Waals surface area contributed by atoms with Gasteiger partial charge in [-0.25, -0.2) is 0 Å². The van der Waals surface area contributed by atoms with E-state index in [0.717, 1.165) is 12.0 Å². The van der Waals surface area contributed by atoms with Crippen LogP contribution in [0.3, 0.4) is 0 Å². The zero-order valence-electron chi connectivity index (χ0n) is 14.3. The van der Waals surface area contributed by atoms with Crippen LogP contribution in [0.4, 0.5) is 0 Å². The molecule has 3 aliphatic rings. The van der Waals surface area contributed by atoms with Crippen molar-refractivity contribution in [3.8, 4) is 0 Å². The molecule has 0 aromatic heterocycles. The van der Waals surface area contributed by atoms with E-state index in [9.17, 15) is 14.4 Å². The van der Waals surface area contributed by atoms with Crippen molar-refractivity contribution in [2.75, 3.05) is 6.54 Å². The minimum absolute atomic E-state index is 0.102. The molecular weight excluding hydrogens is 318 g/mol. The van der Waals surface area contributed by atoms with Gasteiger partial charge in [0.2, 0.25) is 11.8 Å². The van der Waals surface area contributed by atoms with E-state index in [1.807, 2.05) is 12.1 Å². The highest BCUT2D eigenvalue weighted by atomic mass is 16.2. The minimum Gasteiger partial charge on any atom is -0.330 e. The lowest BCUT2D eigenvalue weighted by molar-refractivity contribution is -0.136. The number of fused-ring (bicyclic) bond motifs is 1. The quantitative estimate of drug-likeness (QED) is 0.804. The predicted molar refractivity (Wildman–Crippen MR) is 91.6 cm³/mol. The van der Waals surface area contributed by atoms with Gasteiger partial charge in [-0.15, -0.1) is 0 Å². The van der Waals surface area contributed by atoms with Crippen LogP contribution < -0.4 is 11.1 Å². The van der Waals surface area contributed by atoms with Gasteiger partial charge in [-0.2, -0.15) is 0 Å². The van der Waals surface area contributed by atoms with Gasteiger partial charge < -0.3 is 10.6 Å². The second kappa shape index (κ2) is 5.95. The van der Waals surface area contributed by atoms with Crippen LogP contribution >= 0.6 is 0 Å². The average Bonchev–Trinajstić information content (AvgIpc) is 3.08. The Kier molecular flexibility index (Phi) is 3.87. The van der Waals surface area contributed by atoms with Crippen molar-refractivity contribution in [1.29, 1.82) is 0 Å². The largest absolute Gasteiger partial charge is 0.330 e. The van der Waals surface area contributed by atoms with E-state index in [1.165, 1.54) is 5.56 Å². The third-order valence-corrected chi connectivity index (χ3v) is 6.04. The number of nitrogens with one attached hydrogen (secondary N) is 1. The first-order valence-electron chi connectivity index (χ1n) is 8.99. The van der Waals surface area contributed by atoms with Crippen molar-refractivity contribution >= 4 is 17.7 Å². The molecule has 1 aromatic rings. The van der Waals surface area contributed by atoms with Crippen molar-refractivity contribution < 1.29 is 14.4 Å². The third kappa shape index (κ3) is 2.56. The zero-order chi connectivity index (χ0) is 17.7. The maximum Gasteiger partial charge on any atom is 0.255 e. The molecule has 0 radical (unpaired) electrons. The lowest BCUT2D eigenvalue weighted by Crippen LogP contribution is -2.52. The number of piperidine rings is 1. The van der Waals surface area contributed by atoms with Crippen LogP contribution in [-0.2, 0) is 16.1 Å². The Morgan fingerprint density at radius 2 is 2.08 bits per heavy atom. The first-order valence-corrected chi connectivity index (χ1v) is 8.99. The molecule has 132 valence electrons. The van der Waals surface area contributed by atoms with E-state index in [2.05, 4.69) is 18.3 Å². The van der Waals surface area contributed by atoms with Gasteiger partial charge in [-0.3, -0.25) is 19.7 Å². The summed E-state index contributed by atoms with van der Waals surface area (Å²) in [4.78, 5) is 38.0. The van der Waals surface area contributed by atoms with Gasteiger partial charge in [0, 0.05) is 18.5 Å². The monoisotopic (exact) mass is 341 g/mol. The van der Waals surface area contributed by atoms with Gasteiger partial charge in [0.15, 0.2) is 0 Å². The number of carbonyl (C=O) groups excluding carboxylic acids is 3. The molecule has 0 spiro atoms. The van der Waals surface area contributed by atoms with E-state index in [0.29, 0.717) is 42.8 Å². The van der Waals surface area contributed by atoms with Gasteiger partial charge in [0.05, 0.1) is 0 Å². The molecule has 2 heterocycles. The summed E-state index contributed by atoms with van der Waals surface area (Å²) in [6, 6.07) is 5.34. The maximum atomic E-state index is 12.8. The molecule has 1 aliphatic carbocycles. The van der Waals surface area contributed by atoms with Crippen LogP contribution in [0.5, 0.6) is 0 Å². The summed E-state index contributed by atoms with van der Waals surface area (Å²) in [5.41, 5.74) is 8.70. The number of hydrogen-bond acceptors (Lipinski definition) is 4. The number of nitrogens with two attached hydrogens (primary N) is 1. The van der Waals surface area contributed by atoms with Gasteiger partial charge in [0.1, 0.15) is 6.04 Å². The molecule has 1 aromatic carbocycles. The van der Waals surface area contributed by atoms with Crippen LogP contribution in [0.2, 0.25) is 0 Å². The summed E-state index contributed by atoms with van der Waals surface area (Å²) < 4.78 is 0. The SMILES string of the molecule is C[C@@H]1C(CCN)C1c1cccc2c1CN(C1CCC(=O)NC1=O)C2=O. The topological polar surface area (TPSA) is 92.5 Å². The molecule has 6 heteroatoms. The molecule has 4 rings (SSSR count). The Balaban J connectivity index is 1.61. The Bertz CT molecular complexity index is 760. The van der Waals surface area contributed by atoms with Gasteiger partial charge in [0.25, 0.3) is 5.91 Å². The number of benzene rings is 1. The zero-order valence-corrected chi connectivity index (χ0v) is 14.3. The highest BCUT2D eigenvalue weighted by Gasteiger charge is 2.49. The van der Waals surface area contributed by atoms with E-state index in [1.54, 1.807) is 4.90 Å². The molecule has 3 unspecified atom stereocenters. The summed E-state index contributed by atoms with van der Waals surface area (Å²) in [6.45, 7) is 3.37. The van der Waals surface area contributed by atoms with Gasteiger partial charge >= 0.3 is 0 Å². The fraction of sp³-hybridized carbons (Fsp3) is 0.526. The highest BCUT2D eigenvalue weighted by molar-refractivity contribution is 6.05. The summed E-state index contributed by atoms with van der Waals surface area (Å²) in [5.74, 6) is 0.886. The number of carbonyl (C=O) groups is 3. The summed E-state index contributed by atoms with van der Waals surface area (Å²) in [7, 11) is 0. The van der Waals surface area contributed by atoms with Crippen molar-refractivity contribution in [3.05, 3.63) is 34.9 Å². The normalized spacial score (nSPS) is 31.1. The molecule has 3 N–H and O–H groups in total.